The molecule has 0 aliphatic carbocycles. The Morgan fingerprint density at radius 1 is 1.38 bits per heavy atom. The molecule has 1 unspecified atom stereocenters. The summed E-state index contributed by atoms with van der Waals surface area (Å²) in [7, 11) is 0. The number of hydrogen-bond acceptors (Lipinski definition) is 3. The van der Waals surface area contributed by atoms with Gasteiger partial charge in [-0.2, -0.15) is 13.2 Å². The highest BCUT2D eigenvalue weighted by atomic mass is 32.2. The van der Waals surface area contributed by atoms with Crippen LogP contribution in [0.1, 0.15) is 11.1 Å². The second-order valence-electron chi connectivity index (χ2n) is 2.73. The first-order chi connectivity index (χ1) is 7.39. The van der Waals surface area contributed by atoms with Gasteiger partial charge >= 0.3 is 6.18 Å². The van der Waals surface area contributed by atoms with E-state index in [1.165, 1.54) is 12.1 Å². The highest BCUT2D eigenvalue weighted by molar-refractivity contribution is 7.74. The molecule has 0 aliphatic heterocycles. The fourth-order valence-corrected chi connectivity index (χ4v) is 1.12. The normalized spacial score (nSPS) is 14.0. The van der Waals surface area contributed by atoms with E-state index >= 15 is 0 Å². The third-order valence-electron chi connectivity index (χ3n) is 1.61. The molecule has 1 rings (SSSR count). The molecule has 0 spiro atoms. The van der Waals surface area contributed by atoms with Crippen LogP contribution in [0.25, 0.3) is 6.08 Å². The van der Waals surface area contributed by atoms with E-state index in [-0.39, 0.29) is 5.56 Å². The van der Waals surface area contributed by atoms with Crippen LogP contribution >= 0.6 is 0 Å². The molecule has 1 aromatic rings. The van der Waals surface area contributed by atoms with Gasteiger partial charge in [-0.05, 0) is 23.8 Å². The largest absolute Gasteiger partial charge is 0.740 e. The van der Waals surface area contributed by atoms with E-state index < -0.39 is 23.1 Å². The Morgan fingerprint density at radius 2 is 2.06 bits per heavy atom. The Hall–Kier alpha value is -1.34. The molecule has 0 saturated heterocycles. The van der Waals surface area contributed by atoms with E-state index in [2.05, 4.69) is 4.18 Å². The zero-order valence-corrected chi connectivity index (χ0v) is 8.55. The van der Waals surface area contributed by atoms with E-state index in [0.29, 0.717) is 0 Å². The van der Waals surface area contributed by atoms with Gasteiger partial charge in [0.05, 0.1) is 5.56 Å². The van der Waals surface area contributed by atoms with Crippen LogP contribution in [0.3, 0.4) is 0 Å². The number of benzene rings is 1. The van der Waals surface area contributed by atoms with Crippen molar-refractivity contribution >= 4 is 17.4 Å². The van der Waals surface area contributed by atoms with Gasteiger partial charge in [-0.25, -0.2) is 4.21 Å². The Balaban J connectivity index is 2.83. The van der Waals surface area contributed by atoms with Crippen LogP contribution in [0.4, 0.5) is 13.2 Å². The highest BCUT2D eigenvalue weighted by Gasteiger charge is 2.30. The van der Waals surface area contributed by atoms with Crippen molar-refractivity contribution in [2.24, 2.45) is 0 Å². The molecule has 0 amide bonds. The third kappa shape index (κ3) is 4.03. The molecule has 0 bridgehead atoms. The van der Waals surface area contributed by atoms with Crippen molar-refractivity contribution in [3.63, 3.8) is 0 Å². The molecule has 7 heteroatoms. The summed E-state index contributed by atoms with van der Waals surface area (Å²) >= 11 is -2.72. The quantitative estimate of drug-likeness (QED) is 0.612. The first-order valence-electron chi connectivity index (χ1n) is 4.00. The van der Waals surface area contributed by atoms with Crippen molar-refractivity contribution in [3.05, 3.63) is 41.7 Å². The molecule has 0 saturated carbocycles. The summed E-state index contributed by atoms with van der Waals surface area (Å²) in [4.78, 5) is 0. The smallest absolute Gasteiger partial charge is 0.416 e. The Kier molecular flexibility index (Phi) is 4.08. The first-order valence-corrected chi connectivity index (χ1v) is 5.00. The van der Waals surface area contributed by atoms with Gasteiger partial charge in [0, 0.05) is 0 Å². The molecule has 88 valence electrons. The van der Waals surface area contributed by atoms with Gasteiger partial charge in [-0.1, -0.05) is 12.1 Å². The fourth-order valence-electron chi connectivity index (χ4n) is 0.970. The average Bonchev–Trinajstić information content (AvgIpc) is 2.16. The lowest BCUT2D eigenvalue weighted by Crippen LogP contribution is -2.04. The van der Waals surface area contributed by atoms with Gasteiger partial charge < -0.3 is 8.74 Å². The lowest BCUT2D eigenvalue weighted by molar-refractivity contribution is -0.137. The van der Waals surface area contributed by atoms with Crippen LogP contribution in [0, 0.1) is 0 Å². The number of halogens is 3. The Morgan fingerprint density at radius 3 is 2.62 bits per heavy atom. The summed E-state index contributed by atoms with van der Waals surface area (Å²) in [5, 5.41) is 0. The number of rotatable bonds is 3. The Bertz CT molecular complexity index is 415. The molecule has 16 heavy (non-hydrogen) atoms. The van der Waals surface area contributed by atoms with Crippen molar-refractivity contribution in [2.45, 2.75) is 6.18 Å². The summed E-state index contributed by atoms with van der Waals surface area (Å²) in [6.07, 6.45) is -2.52. The van der Waals surface area contributed by atoms with Gasteiger partial charge in [0.25, 0.3) is 0 Å². The third-order valence-corrected chi connectivity index (χ3v) is 1.88. The molecule has 3 nitrogen and oxygen atoms in total. The topological polar surface area (TPSA) is 49.4 Å². The predicted molar refractivity (Wildman–Crippen MR) is 50.5 cm³/mol. The van der Waals surface area contributed by atoms with Gasteiger partial charge in [-0.3, -0.25) is 0 Å². The standard InChI is InChI=1S/C9H7F3O3S/c10-9(11,12)8-3-1-2-7(6-8)4-5-15-16(13)14/h1-6H,(H,13,14)/p-1. The lowest BCUT2D eigenvalue weighted by atomic mass is 10.1. The van der Waals surface area contributed by atoms with Gasteiger partial charge in [0.15, 0.2) is 0 Å². The van der Waals surface area contributed by atoms with Crippen LogP contribution < -0.4 is 0 Å². The molecule has 0 N–H and O–H groups in total. The van der Waals surface area contributed by atoms with E-state index in [9.17, 15) is 21.9 Å². The summed E-state index contributed by atoms with van der Waals surface area (Å²) in [6, 6.07) is 4.41. The van der Waals surface area contributed by atoms with E-state index in [1.54, 1.807) is 0 Å². The first kappa shape index (κ1) is 12.7. The molecule has 0 fully saturated rings. The number of hydrogen-bond donors (Lipinski definition) is 0. The van der Waals surface area contributed by atoms with Crippen molar-refractivity contribution in [1.82, 2.24) is 0 Å². The molecule has 0 radical (unpaired) electrons. The summed E-state index contributed by atoms with van der Waals surface area (Å²) < 4.78 is 60.7. The molecule has 1 aromatic carbocycles. The second-order valence-corrected chi connectivity index (χ2v) is 3.33. The average molecular weight is 251 g/mol. The van der Waals surface area contributed by atoms with Crippen molar-refractivity contribution in [2.75, 3.05) is 0 Å². The summed E-state index contributed by atoms with van der Waals surface area (Å²) in [6.45, 7) is 0. The maximum Gasteiger partial charge on any atom is 0.416 e. The fraction of sp³-hybridized carbons (Fsp3) is 0.111. The van der Waals surface area contributed by atoms with Gasteiger partial charge in [0.1, 0.15) is 17.6 Å². The molecule has 0 aliphatic rings. The van der Waals surface area contributed by atoms with Gasteiger partial charge in [0.2, 0.25) is 0 Å². The van der Waals surface area contributed by atoms with Crippen LogP contribution in [-0.4, -0.2) is 8.76 Å². The minimum absolute atomic E-state index is 0.195. The Labute approximate surface area is 92.0 Å². The lowest BCUT2D eigenvalue weighted by Gasteiger charge is -2.06. The van der Waals surface area contributed by atoms with Crippen LogP contribution in [0.2, 0.25) is 0 Å². The second kappa shape index (κ2) is 5.13. The summed E-state index contributed by atoms with van der Waals surface area (Å²) in [5.74, 6) is 0. The van der Waals surface area contributed by atoms with Crippen LogP contribution in [-0.2, 0) is 21.7 Å². The molecule has 1 atom stereocenters. The zero-order chi connectivity index (χ0) is 12.2. The molecular weight excluding hydrogens is 245 g/mol. The SMILES string of the molecule is O=S([O-])OC=Cc1cccc(C(F)(F)F)c1. The molecular formula is C9H6F3O3S-. The molecule has 0 heterocycles. The monoisotopic (exact) mass is 251 g/mol. The van der Waals surface area contributed by atoms with Crippen LogP contribution in [0.15, 0.2) is 30.5 Å². The maximum atomic E-state index is 12.3. The van der Waals surface area contributed by atoms with Crippen molar-refractivity contribution in [1.29, 1.82) is 0 Å². The molecule has 0 aromatic heterocycles. The van der Waals surface area contributed by atoms with Crippen molar-refractivity contribution in [3.8, 4) is 0 Å². The van der Waals surface area contributed by atoms with E-state index in [0.717, 1.165) is 24.5 Å². The number of alkyl halides is 3. The predicted octanol–water partition coefficient (Wildman–Crippen LogP) is 2.49. The maximum absolute atomic E-state index is 12.3. The van der Waals surface area contributed by atoms with Crippen LogP contribution in [0.5, 0.6) is 0 Å². The van der Waals surface area contributed by atoms with E-state index in [4.69, 9.17) is 0 Å². The highest BCUT2D eigenvalue weighted by Crippen LogP contribution is 2.29. The zero-order valence-electron chi connectivity index (χ0n) is 7.73. The van der Waals surface area contributed by atoms with Crippen molar-refractivity contribution < 1.29 is 26.1 Å². The van der Waals surface area contributed by atoms with Gasteiger partial charge in [-0.15, -0.1) is 0 Å². The van der Waals surface area contributed by atoms with E-state index in [1.807, 2.05) is 0 Å². The minimum atomic E-state index is -4.42. The minimum Gasteiger partial charge on any atom is -0.740 e. The summed E-state index contributed by atoms with van der Waals surface area (Å²) in [5.41, 5.74) is -0.613.